The van der Waals surface area contributed by atoms with Gasteiger partial charge in [0.2, 0.25) is 0 Å². The summed E-state index contributed by atoms with van der Waals surface area (Å²) in [5, 5.41) is 0. The van der Waals surface area contributed by atoms with Crippen LogP contribution in [0.15, 0.2) is 24.3 Å². The normalized spacial score (nSPS) is 14.2. The van der Waals surface area contributed by atoms with Crippen LogP contribution in [0, 0.1) is 5.92 Å². The summed E-state index contributed by atoms with van der Waals surface area (Å²) in [5.41, 5.74) is 0.818. The summed E-state index contributed by atoms with van der Waals surface area (Å²) in [6.07, 6.45) is 6.82. The van der Waals surface area contributed by atoms with E-state index in [1.807, 2.05) is 19.1 Å². The van der Waals surface area contributed by atoms with E-state index in [4.69, 9.17) is 0 Å². The maximum absolute atomic E-state index is 10.3. The van der Waals surface area contributed by atoms with Crippen molar-refractivity contribution in [1.29, 1.82) is 0 Å². The van der Waals surface area contributed by atoms with Crippen molar-refractivity contribution in [2.24, 2.45) is 5.92 Å². The number of rotatable bonds is 5. The summed E-state index contributed by atoms with van der Waals surface area (Å²) in [6.45, 7) is 7.61. The van der Waals surface area contributed by atoms with E-state index in [9.17, 15) is 4.79 Å². The molecule has 0 spiro atoms. The van der Waals surface area contributed by atoms with Crippen LogP contribution >= 0.6 is 0 Å². The second-order valence-corrected chi connectivity index (χ2v) is 2.72. The van der Waals surface area contributed by atoms with E-state index in [0.29, 0.717) is 5.92 Å². The average molecular weight is 152 g/mol. The Kier molecular flexibility index (Phi) is 5.44. The van der Waals surface area contributed by atoms with Crippen LogP contribution in [0.5, 0.6) is 0 Å². The van der Waals surface area contributed by atoms with Crippen molar-refractivity contribution < 1.29 is 4.79 Å². The smallest absolute Gasteiger partial charge is 0.145 e. The predicted octanol–water partition coefficient (Wildman–Crippen LogP) is 2.73. The first-order valence-electron chi connectivity index (χ1n) is 3.99. The van der Waals surface area contributed by atoms with Gasteiger partial charge < -0.3 is 0 Å². The first-order valence-corrected chi connectivity index (χ1v) is 3.99. The molecule has 0 fully saturated rings. The molecule has 1 unspecified atom stereocenters. The van der Waals surface area contributed by atoms with Crippen LogP contribution in [-0.4, -0.2) is 6.29 Å². The number of hydrogen-bond donors (Lipinski definition) is 0. The third kappa shape index (κ3) is 4.54. The lowest BCUT2D eigenvalue weighted by molar-refractivity contribution is -0.104. The Morgan fingerprint density at radius 1 is 1.64 bits per heavy atom. The minimum absolute atomic E-state index is 0.484. The topological polar surface area (TPSA) is 17.1 Å². The summed E-state index contributed by atoms with van der Waals surface area (Å²) in [4.78, 5) is 10.3. The Balaban J connectivity index is 4.03. The molecule has 0 rings (SSSR count). The van der Waals surface area contributed by atoms with E-state index in [1.165, 1.54) is 0 Å². The fraction of sp³-hybridized carbons (Fsp3) is 0.500. The van der Waals surface area contributed by atoms with E-state index in [0.717, 1.165) is 24.7 Å². The molecule has 0 aromatic carbocycles. The molecule has 62 valence electrons. The van der Waals surface area contributed by atoms with Gasteiger partial charge in [-0.1, -0.05) is 19.1 Å². The van der Waals surface area contributed by atoms with E-state index < -0.39 is 0 Å². The molecule has 1 heteroatoms. The molecule has 0 aromatic heterocycles. The SMILES string of the molecule is C=CCC(/C=C(\C)C=O)CC. The molecule has 0 aliphatic carbocycles. The minimum Gasteiger partial charge on any atom is -0.298 e. The highest BCUT2D eigenvalue weighted by atomic mass is 16.1. The van der Waals surface area contributed by atoms with Crippen LogP contribution in [0.1, 0.15) is 26.7 Å². The maximum Gasteiger partial charge on any atom is 0.145 e. The molecular formula is C10H16O. The summed E-state index contributed by atoms with van der Waals surface area (Å²) < 4.78 is 0. The molecule has 0 bridgehead atoms. The lowest BCUT2D eigenvalue weighted by atomic mass is 10.00. The molecule has 0 aromatic rings. The molecule has 0 amide bonds. The fourth-order valence-corrected chi connectivity index (χ4v) is 0.978. The Morgan fingerprint density at radius 2 is 2.27 bits per heavy atom. The Labute approximate surface area is 68.8 Å². The third-order valence-corrected chi connectivity index (χ3v) is 1.68. The van der Waals surface area contributed by atoms with Gasteiger partial charge in [-0.05, 0) is 31.3 Å². The number of carbonyl (C=O) groups is 1. The zero-order chi connectivity index (χ0) is 8.69. The molecule has 1 atom stereocenters. The fourth-order valence-electron chi connectivity index (χ4n) is 0.978. The number of hydrogen-bond acceptors (Lipinski definition) is 1. The Hall–Kier alpha value is -0.850. The molecule has 0 aliphatic rings. The number of aldehydes is 1. The average Bonchev–Trinajstić information content (AvgIpc) is 2.03. The van der Waals surface area contributed by atoms with Crippen molar-refractivity contribution in [2.75, 3.05) is 0 Å². The highest BCUT2D eigenvalue weighted by molar-refractivity contribution is 5.72. The first kappa shape index (κ1) is 10.2. The van der Waals surface area contributed by atoms with Gasteiger partial charge in [0.05, 0.1) is 0 Å². The zero-order valence-electron chi connectivity index (χ0n) is 7.34. The van der Waals surface area contributed by atoms with E-state index in [-0.39, 0.29) is 0 Å². The van der Waals surface area contributed by atoms with E-state index >= 15 is 0 Å². The molecule has 0 radical (unpaired) electrons. The molecular weight excluding hydrogens is 136 g/mol. The van der Waals surface area contributed by atoms with Gasteiger partial charge in [0.15, 0.2) is 0 Å². The van der Waals surface area contributed by atoms with Gasteiger partial charge >= 0.3 is 0 Å². The van der Waals surface area contributed by atoms with Crippen molar-refractivity contribution in [3.8, 4) is 0 Å². The van der Waals surface area contributed by atoms with Gasteiger partial charge in [-0.3, -0.25) is 4.79 Å². The first-order chi connectivity index (χ1) is 5.24. The summed E-state index contributed by atoms with van der Waals surface area (Å²) in [7, 11) is 0. The van der Waals surface area contributed by atoms with Crippen molar-refractivity contribution in [2.45, 2.75) is 26.7 Å². The minimum atomic E-state index is 0.484. The van der Waals surface area contributed by atoms with Crippen molar-refractivity contribution >= 4 is 6.29 Å². The quantitative estimate of drug-likeness (QED) is 0.336. The summed E-state index contributed by atoms with van der Waals surface area (Å²) >= 11 is 0. The standard InChI is InChI=1S/C10H16O/c1-4-6-10(5-2)7-9(3)8-11/h4,7-8,10H,1,5-6H2,2-3H3/b9-7+. The van der Waals surface area contributed by atoms with Crippen LogP contribution in [0.2, 0.25) is 0 Å². The molecule has 0 saturated carbocycles. The van der Waals surface area contributed by atoms with Crippen molar-refractivity contribution in [1.82, 2.24) is 0 Å². The molecule has 0 saturated heterocycles. The second kappa shape index (κ2) is 5.90. The molecule has 1 nitrogen and oxygen atoms in total. The third-order valence-electron chi connectivity index (χ3n) is 1.68. The zero-order valence-corrected chi connectivity index (χ0v) is 7.34. The van der Waals surface area contributed by atoms with Gasteiger partial charge in [0.25, 0.3) is 0 Å². The van der Waals surface area contributed by atoms with Gasteiger partial charge in [-0.15, -0.1) is 6.58 Å². The number of carbonyl (C=O) groups excluding carboxylic acids is 1. The van der Waals surface area contributed by atoms with E-state index in [1.54, 1.807) is 0 Å². The van der Waals surface area contributed by atoms with Crippen LogP contribution < -0.4 is 0 Å². The van der Waals surface area contributed by atoms with Crippen molar-refractivity contribution in [3.63, 3.8) is 0 Å². The van der Waals surface area contributed by atoms with Gasteiger partial charge in [0, 0.05) is 0 Å². The molecule has 11 heavy (non-hydrogen) atoms. The van der Waals surface area contributed by atoms with Crippen molar-refractivity contribution in [3.05, 3.63) is 24.3 Å². The maximum atomic E-state index is 10.3. The number of allylic oxidation sites excluding steroid dienone is 3. The summed E-state index contributed by atoms with van der Waals surface area (Å²) in [5.74, 6) is 0.484. The van der Waals surface area contributed by atoms with Crippen LogP contribution in [0.25, 0.3) is 0 Å². The largest absolute Gasteiger partial charge is 0.298 e. The van der Waals surface area contributed by atoms with Crippen LogP contribution in [-0.2, 0) is 4.79 Å². The van der Waals surface area contributed by atoms with E-state index in [2.05, 4.69) is 13.5 Å². The van der Waals surface area contributed by atoms with Gasteiger partial charge in [-0.25, -0.2) is 0 Å². The monoisotopic (exact) mass is 152 g/mol. The highest BCUT2D eigenvalue weighted by Gasteiger charge is 1.99. The Morgan fingerprint density at radius 3 is 2.64 bits per heavy atom. The van der Waals surface area contributed by atoms with Crippen LogP contribution in [0.3, 0.4) is 0 Å². The highest BCUT2D eigenvalue weighted by Crippen LogP contribution is 2.11. The lowest BCUT2D eigenvalue weighted by Crippen LogP contribution is -1.93. The van der Waals surface area contributed by atoms with Crippen LogP contribution in [0.4, 0.5) is 0 Å². The Bertz CT molecular complexity index is 156. The molecule has 0 aliphatic heterocycles. The van der Waals surface area contributed by atoms with Gasteiger partial charge in [-0.2, -0.15) is 0 Å². The molecule has 0 heterocycles. The van der Waals surface area contributed by atoms with Gasteiger partial charge in [0.1, 0.15) is 6.29 Å². The molecule has 0 N–H and O–H groups in total. The summed E-state index contributed by atoms with van der Waals surface area (Å²) in [6, 6.07) is 0. The predicted molar refractivity (Wildman–Crippen MR) is 48.4 cm³/mol. The second-order valence-electron chi connectivity index (χ2n) is 2.72. The lowest BCUT2D eigenvalue weighted by Gasteiger charge is -2.05.